The minimum atomic E-state index is -0.864. The van der Waals surface area contributed by atoms with Gasteiger partial charge in [0.15, 0.2) is 0 Å². The van der Waals surface area contributed by atoms with Crippen molar-refractivity contribution >= 4 is 23.3 Å². The standard InChI is InChI=1S/C15H17NO4/c1-10-13(12-4-2-3-5-14(12)20-10)8-11(16-9-17)6-7-15(18)19/h2-5,9,11H,6-8H2,1H3,(H,16,17)(H,18,19). The summed E-state index contributed by atoms with van der Waals surface area (Å²) in [5, 5.41) is 12.4. The number of aliphatic carboxylic acids is 1. The molecule has 0 saturated carbocycles. The van der Waals surface area contributed by atoms with Crippen LogP contribution in [0.1, 0.15) is 24.2 Å². The third-order valence-electron chi connectivity index (χ3n) is 3.36. The van der Waals surface area contributed by atoms with Gasteiger partial charge in [-0.3, -0.25) is 9.59 Å². The number of benzene rings is 1. The van der Waals surface area contributed by atoms with Crippen molar-refractivity contribution in [2.75, 3.05) is 0 Å². The second kappa shape index (κ2) is 6.23. The normalized spacial score (nSPS) is 12.2. The quantitative estimate of drug-likeness (QED) is 0.760. The number of hydrogen-bond acceptors (Lipinski definition) is 3. The minimum Gasteiger partial charge on any atom is -0.481 e. The Morgan fingerprint density at radius 2 is 2.20 bits per heavy atom. The van der Waals surface area contributed by atoms with Gasteiger partial charge in [0.05, 0.1) is 0 Å². The molecule has 1 amide bonds. The Morgan fingerprint density at radius 1 is 1.45 bits per heavy atom. The van der Waals surface area contributed by atoms with Crippen molar-refractivity contribution in [1.82, 2.24) is 5.32 Å². The summed E-state index contributed by atoms with van der Waals surface area (Å²) >= 11 is 0. The van der Waals surface area contributed by atoms with E-state index in [-0.39, 0.29) is 12.5 Å². The van der Waals surface area contributed by atoms with E-state index in [0.717, 1.165) is 22.3 Å². The fraction of sp³-hybridized carbons (Fsp3) is 0.333. The minimum absolute atomic E-state index is 0.0281. The summed E-state index contributed by atoms with van der Waals surface area (Å²) in [5.74, 6) is -0.0595. The molecule has 5 nitrogen and oxygen atoms in total. The maximum Gasteiger partial charge on any atom is 0.303 e. The van der Waals surface area contributed by atoms with Crippen LogP contribution in [0.2, 0.25) is 0 Å². The number of amides is 1. The molecule has 1 atom stereocenters. The van der Waals surface area contributed by atoms with E-state index in [4.69, 9.17) is 9.52 Å². The zero-order chi connectivity index (χ0) is 14.5. The van der Waals surface area contributed by atoms with E-state index in [9.17, 15) is 9.59 Å². The van der Waals surface area contributed by atoms with E-state index in [1.165, 1.54) is 0 Å². The number of nitrogens with one attached hydrogen (secondary N) is 1. The smallest absolute Gasteiger partial charge is 0.303 e. The van der Waals surface area contributed by atoms with E-state index in [2.05, 4.69) is 5.32 Å². The van der Waals surface area contributed by atoms with Gasteiger partial charge in [-0.05, 0) is 25.8 Å². The predicted molar refractivity (Wildman–Crippen MR) is 74.5 cm³/mol. The Bertz CT molecular complexity index is 617. The summed E-state index contributed by atoms with van der Waals surface area (Å²) in [6, 6.07) is 7.49. The summed E-state index contributed by atoms with van der Waals surface area (Å²) in [7, 11) is 0. The van der Waals surface area contributed by atoms with Gasteiger partial charge in [-0.2, -0.15) is 0 Å². The van der Waals surface area contributed by atoms with Crippen LogP contribution in [-0.2, 0) is 16.0 Å². The molecule has 2 aromatic rings. The molecule has 0 saturated heterocycles. The fourth-order valence-electron chi connectivity index (χ4n) is 2.36. The number of aryl methyl sites for hydroxylation is 1. The summed E-state index contributed by atoms with van der Waals surface area (Å²) in [6.45, 7) is 1.88. The largest absolute Gasteiger partial charge is 0.481 e. The Balaban J connectivity index is 2.21. The Kier molecular flexibility index (Phi) is 4.40. The summed E-state index contributed by atoms with van der Waals surface area (Å²) in [6.07, 6.45) is 1.60. The first kappa shape index (κ1) is 14.1. The molecule has 0 fully saturated rings. The highest BCUT2D eigenvalue weighted by Crippen LogP contribution is 2.26. The maximum absolute atomic E-state index is 10.7. The van der Waals surface area contributed by atoms with Gasteiger partial charge < -0.3 is 14.8 Å². The lowest BCUT2D eigenvalue weighted by Crippen LogP contribution is -2.30. The topological polar surface area (TPSA) is 79.5 Å². The first-order chi connectivity index (χ1) is 9.61. The molecule has 0 aliphatic carbocycles. The van der Waals surface area contributed by atoms with Gasteiger partial charge in [0.1, 0.15) is 11.3 Å². The van der Waals surface area contributed by atoms with Crippen molar-refractivity contribution in [3.63, 3.8) is 0 Å². The average molecular weight is 275 g/mol. The molecule has 0 aliphatic heterocycles. The first-order valence-electron chi connectivity index (χ1n) is 6.50. The number of carbonyl (C=O) groups is 2. The summed E-state index contributed by atoms with van der Waals surface area (Å²) in [5.41, 5.74) is 1.83. The molecule has 2 N–H and O–H groups in total. The van der Waals surface area contributed by atoms with Gasteiger partial charge in [0.25, 0.3) is 0 Å². The monoisotopic (exact) mass is 275 g/mol. The van der Waals surface area contributed by atoms with Crippen LogP contribution in [0.15, 0.2) is 28.7 Å². The molecule has 5 heteroatoms. The van der Waals surface area contributed by atoms with E-state index in [0.29, 0.717) is 19.3 Å². The van der Waals surface area contributed by atoms with E-state index in [1.54, 1.807) is 0 Å². The number of furan rings is 1. The lowest BCUT2D eigenvalue weighted by atomic mass is 9.99. The lowest BCUT2D eigenvalue weighted by molar-refractivity contribution is -0.137. The fourth-order valence-corrected chi connectivity index (χ4v) is 2.36. The Labute approximate surface area is 116 Å². The average Bonchev–Trinajstić information content (AvgIpc) is 2.73. The number of hydrogen-bond donors (Lipinski definition) is 2. The molecule has 1 aromatic heterocycles. The summed E-state index contributed by atoms with van der Waals surface area (Å²) < 4.78 is 5.67. The van der Waals surface area contributed by atoms with Gasteiger partial charge in [-0.15, -0.1) is 0 Å². The number of fused-ring (bicyclic) bond motifs is 1. The number of rotatable bonds is 7. The molecule has 2 rings (SSSR count). The Hall–Kier alpha value is -2.30. The van der Waals surface area contributed by atoms with E-state index < -0.39 is 5.97 Å². The van der Waals surface area contributed by atoms with Crippen LogP contribution in [0.3, 0.4) is 0 Å². The van der Waals surface area contributed by atoms with Crippen LogP contribution in [0, 0.1) is 6.92 Å². The van der Waals surface area contributed by atoms with Gasteiger partial charge in [-0.1, -0.05) is 18.2 Å². The number of carboxylic acid groups (broad SMARTS) is 1. The van der Waals surface area contributed by atoms with Crippen LogP contribution in [0.4, 0.5) is 0 Å². The van der Waals surface area contributed by atoms with E-state index >= 15 is 0 Å². The zero-order valence-electron chi connectivity index (χ0n) is 11.3. The number of carboxylic acids is 1. The SMILES string of the molecule is Cc1oc2ccccc2c1CC(CCC(=O)O)NC=O. The molecule has 1 heterocycles. The molecule has 1 aromatic carbocycles. The van der Waals surface area contributed by atoms with Crippen LogP contribution in [0.5, 0.6) is 0 Å². The van der Waals surface area contributed by atoms with Crippen LogP contribution >= 0.6 is 0 Å². The van der Waals surface area contributed by atoms with Crippen molar-refractivity contribution in [3.05, 3.63) is 35.6 Å². The maximum atomic E-state index is 10.7. The molecule has 0 aliphatic rings. The molecule has 0 bridgehead atoms. The predicted octanol–water partition coefficient (Wildman–Crippen LogP) is 2.26. The van der Waals surface area contributed by atoms with Crippen molar-refractivity contribution in [1.29, 1.82) is 0 Å². The lowest BCUT2D eigenvalue weighted by Gasteiger charge is -2.14. The molecule has 0 spiro atoms. The van der Waals surface area contributed by atoms with Crippen molar-refractivity contribution in [2.24, 2.45) is 0 Å². The van der Waals surface area contributed by atoms with E-state index in [1.807, 2.05) is 31.2 Å². The first-order valence-corrected chi connectivity index (χ1v) is 6.50. The van der Waals surface area contributed by atoms with Crippen LogP contribution < -0.4 is 5.32 Å². The second-order valence-corrected chi connectivity index (χ2v) is 4.75. The number of para-hydroxylation sites is 1. The molecular formula is C15H17NO4. The Morgan fingerprint density at radius 3 is 2.90 bits per heavy atom. The highest BCUT2D eigenvalue weighted by molar-refractivity contribution is 5.82. The summed E-state index contributed by atoms with van der Waals surface area (Å²) in [4.78, 5) is 21.3. The molecular weight excluding hydrogens is 258 g/mol. The third kappa shape index (κ3) is 3.17. The third-order valence-corrected chi connectivity index (χ3v) is 3.36. The van der Waals surface area contributed by atoms with Gasteiger partial charge >= 0.3 is 5.97 Å². The van der Waals surface area contributed by atoms with Crippen LogP contribution in [-0.4, -0.2) is 23.5 Å². The highest BCUT2D eigenvalue weighted by Gasteiger charge is 2.17. The number of carbonyl (C=O) groups excluding carboxylic acids is 1. The highest BCUT2D eigenvalue weighted by atomic mass is 16.4. The molecule has 20 heavy (non-hydrogen) atoms. The van der Waals surface area contributed by atoms with Crippen molar-refractivity contribution in [2.45, 2.75) is 32.2 Å². The van der Waals surface area contributed by atoms with Crippen molar-refractivity contribution < 1.29 is 19.1 Å². The van der Waals surface area contributed by atoms with Crippen molar-refractivity contribution in [3.8, 4) is 0 Å². The molecule has 106 valence electrons. The molecule has 1 unspecified atom stereocenters. The second-order valence-electron chi connectivity index (χ2n) is 4.75. The zero-order valence-corrected chi connectivity index (χ0v) is 11.3. The van der Waals surface area contributed by atoms with Gasteiger partial charge in [0, 0.05) is 23.4 Å². The van der Waals surface area contributed by atoms with Gasteiger partial charge in [0.2, 0.25) is 6.41 Å². The molecule has 0 radical (unpaired) electrons. The van der Waals surface area contributed by atoms with Gasteiger partial charge in [-0.25, -0.2) is 0 Å². The van der Waals surface area contributed by atoms with Crippen LogP contribution in [0.25, 0.3) is 11.0 Å².